The second-order valence-corrected chi connectivity index (χ2v) is 5.93. The van der Waals surface area contributed by atoms with Crippen LogP contribution in [0.15, 0.2) is 25.7 Å². The Morgan fingerprint density at radius 3 is 2.86 bits per heavy atom. The Labute approximate surface area is 132 Å². The van der Waals surface area contributed by atoms with E-state index in [0.717, 1.165) is 44.8 Å². The first-order chi connectivity index (χ1) is 10.3. The highest BCUT2D eigenvalue weighted by molar-refractivity contribution is 9.10. The second-order valence-electron chi connectivity index (χ2n) is 5.15. The molecule has 1 unspecified atom stereocenters. The van der Waals surface area contributed by atoms with Gasteiger partial charge in [-0.15, -0.1) is 0 Å². The number of halogens is 1. The molecule has 2 aromatic heterocycles. The molecule has 1 atom stereocenters. The number of nitrogens with one attached hydrogen (secondary N) is 1. The van der Waals surface area contributed by atoms with Gasteiger partial charge in [-0.25, -0.2) is 0 Å². The molecule has 1 aliphatic rings. The van der Waals surface area contributed by atoms with Crippen LogP contribution in [0.3, 0.4) is 0 Å². The molecule has 3 heterocycles. The molecule has 1 N–H and O–H groups in total. The van der Waals surface area contributed by atoms with Crippen molar-refractivity contribution in [3.8, 4) is 11.7 Å². The maximum atomic E-state index is 5.46. The van der Waals surface area contributed by atoms with Crippen LogP contribution in [0.5, 0.6) is 0 Å². The maximum Gasteiger partial charge on any atom is 0.293 e. The van der Waals surface area contributed by atoms with Gasteiger partial charge in [-0.3, -0.25) is 4.90 Å². The molecule has 21 heavy (non-hydrogen) atoms. The third kappa shape index (κ3) is 3.36. The van der Waals surface area contributed by atoms with Crippen LogP contribution in [0.4, 0.5) is 0 Å². The normalized spacial score (nSPS) is 18.0. The van der Waals surface area contributed by atoms with Crippen LogP contribution in [0.2, 0.25) is 0 Å². The van der Waals surface area contributed by atoms with Crippen molar-refractivity contribution in [2.45, 2.75) is 25.8 Å². The molecule has 1 aliphatic heterocycles. The zero-order valence-corrected chi connectivity index (χ0v) is 13.6. The first-order valence-electron chi connectivity index (χ1n) is 7.32. The van der Waals surface area contributed by atoms with Crippen LogP contribution in [0.25, 0.3) is 11.7 Å². The molecule has 3 rings (SSSR count). The van der Waals surface area contributed by atoms with E-state index in [9.17, 15) is 0 Å². The molecular weight excluding hydrogens is 336 g/mol. The molecule has 6 nitrogen and oxygen atoms in total. The lowest BCUT2D eigenvalue weighted by atomic mass is 10.1. The summed E-state index contributed by atoms with van der Waals surface area (Å²) >= 11 is 3.28. The van der Waals surface area contributed by atoms with Crippen LogP contribution in [-0.2, 0) is 0 Å². The van der Waals surface area contributed by atoms with Gasteiger partial charge in [-0.1, -0.05) is 18.5 Å². The summed E-state index contributed by atoms with van der Waals surface area (Å²) in [7, 11) is 0. The topological polar surface area (TPSA) is 67.3 Å². The Kier molecular flexibility index (Phi) is 4.72. The molecule has 0 aromatic carbocycles. The first-order valence-corrected chi connectivity index (χ1v) is 8.11. The Bertz CT molecular complexity index is 577. The lowest BCUT2D eigenvalue weighted by Gasteiger charge is -2.32. The summed E-state index contributed by atoms with van der Waals surface area (Å²) in [6.45, 7) is 6.23. The van der Waals surface area contributed by atoms with Crippen LogP contribution >= 0.6 is 15.9 Å². The molecule has 0 spiro atoms. The number of nitrogens with zero attached hydrogens (tertiary/aromatic N) is 3. The third-order valence-electron chi connectivity index (χ3n) is 3.68. The molecule has 0 aliphatic carbocycles. The molecule has 7 heteroatoms. The van der Waals surface area contributed by atoms with Gasteiger partial charge in [0.15, 0.2) is 16.3 Å². The first kappa shape index (κ1) is 14.7. The molecule has 0 radical (unpaired) electrons. The Balaban J connectivity index is 1.81. The lowest BCUT2D eigenvalue weighted by Crippen LogP contribution is -2.45. The molecule has 0 saturated carbocycles. The van der Waals surface area contributed by atoms with Gasteiger partial charge in [-0.2, -0.15) is 4.98 Å². The molecule has 2 aromatic rings. The van der Waals surface area contributed by atoms with Crippen molar-refractivity contribution in [1.29, 1.82) is 0 Å². The minimum atomic E-state index is 0.216. The highest BCUT2D eigenvalue weighted by Gasteiger charge is 2.26. The lowest BCUT2D eigenvalue weighted by molar-refractivity contribution is 0.155. The van der Waals surface area contributed by atoms with Crippen LogP contribution in [0, 0.1) is 0 Å². The summed E-state index contributed by atoms with van der Waals surface area (Å²) < 4.78 is 11.5. The number of aromatic nitrogens is 2. The van der Waals surface area contributed by atoms with Crippen molar-refractivity contribution in [2.75, 3.05) is 26.2 Å². The zero-order valence-electron chi connectivity index (χ0n) is 12.0. The highest BCUT2D eigenvalue weighted by Crippen LogP contribution is 2.28. The van der Waals surface area contributed by atoms with Gasteiger partial charge in [-0.05, 0) is 34.5 Å². The van der Waals surface area contributed by atoms with E-state index in [1.807, 2.05) is 12.1 Å². The van der Waals surface area contributed by atoms with Crippen molar-refractivity contribution in [3.05, 3.63) is 22.6 Å². The minimum absolute atomic E-state index is 0.216. The molecule has 0 amide bonds. The zero-order chi connectivity index (χ0) is 14.7. The van der Waals surface area contributed by atoms with Crippen molar-refractivity contribution < 1.29 is 8.94 Å². The number of furan rings is 1. The fourth-order valence-electron chi connectivity index (χ4n) is 2.64. The predicted molar refractivity (Wildman–Crippen MR) is 81.8 cm³/mol. The highest BCUT2D eigenvalue weighted by atomic mass is 79.9. The van der Waals surface area contributed by atoms with Gasteiger partial charge in [0.05, 0.1) is 6.04 Å². The van der Waals surface area contributed by atoms with E-state index < -0.39 is 0 Å². The van der Waals surface area contributed by atoms with E-state index in [0.29, 0.717) is 16.3 Å². The largest absolute Gasteiger partial charge is 0.444 e. The Hall–Kier alpha value is -1.18. The predicted octanol–water partition coefficient (Wildman–Crippen LogP) is 2.84. The van der Waals surface area contributed by atoms with E-state index >= 15 is 0 Å². The molecule has 1 fully saturated rings. The van der Waals surface area contributed by atoms with Gasteiger partial charge in [0.25, 0.3) is 5.89 Å². The summed E-state index contributed by atoms with van der Waals surface area (Å²) in [6.07, 6.45) is 2.12. The Morgan fingerprint density at radius 2 is 2.19 bits per heavy atom. The standard InChI is InChI=1S/C14H19BrN4O2/c1-2-3-10(19-8-6-16-7-9-19)13-17-14(21-18-13)11-4-5-12(15)20-11/h4-5,10,16H,2-3,6-9H2,1H3. The van der Waals surface area contributed by atoms with Gasteiger partial charge in [0.1, 0.15) is 0 Å². The number of hydrogen-bond donors (Lipinski definition) is 1. The van der Waals surface area contributed by atoms with Gasteiger partial charge < -0.3 is 14.3 Å². The van der Waals surface area contributed by atoms with Crippen LogP contribution in [-0.4, -0.2) is 41.2 Å². The summed E-state index contributed by atoms with van der Waals surface area (Å²) in [6, 6.07) is 3.85. The van der Waals surface area contributed by atoms with E-state index in [1.165, 1.54) is 0 Å². The van der Waals surface area contributed by atoms with Crippen LogP contribution in [0.1, 0.15) is 31.6 Å². The number of rotatable bonds is 5. The van der Waals surface area contributed by atoms with Crippen molar-refractivity contribution >= 4 is 15.9 Å². The Morgan fingerprint density at radius 1 is 1.38 bits per heavy atom. The number of piperazine rings is 1. The van der Waals surface area contributed by atoms with Gasteiger partial charge >= 0.3 is 0 Å². The maximum absolute atomic E-state index is 5.46. The van der Waals surface area contributed by atoms with Crippen molar-refractivity contribution in [1.82, 2.24) is 20.4 Å². The molecule has 114 valence electrons. The second kappa shape index (κ2) is 6.72. The summed E-state index contributed by atoms with van der Waals surface area (Å²) in [5, 5.41) is 7.54. The molecule has 0 bridgehead atoms. The van der Waals surface area contributed by atoms with Gasteiger partial charge in [0, 0.05) is 26.2 Å². The van der Waals surface area contributed by atoms with Gasteiger partial charge in [0.2, 0.25) is 0 Å². The fourth-order valence-corrected chi connectivity index (χ4v) is 2.95. The average molecular weight is 355 g/mol. The SMILES string of the molecule is CCCC(c1noc(-c2ccc(Br)o2)n1)N1CCNCC1. The molecular formula is C14H19BrN4O2. The van der Waals surface area contributed by atoms with Crippen molar-refractivity contribution in [2.24, 2.45) is 0 Å². The van der Waals surface area contributed by atoms with E-state index in [1.54, 1.807) is 0 Å². The smallest absolute Gasteiger partial charge is 0.293 e. The van der Waals surface area contributed by atoms with E-state index in [4.69, 9.17) is 8.94 Å². The number of hydrogen-bond acceptors (Lipinski definition) is 6. The third-order valence-corrected chi connectivity index (χ3v) is 4.10. The summed E-state index contributed by atoms with van der Waals surface area (Å²) in [5.41, 5.74) is 0. The van der Waals surface area contributed by atoms with E-state index in [-0.39, 0.29) is 6.04 Å². The molecule has 1 saturated heterocycles. The van der Waals surface area contributed by atoms with Crippen molar-refractivity contribution in [3.63, 3.8) is 0 Å². The quantitative estimate of drug-likeness (QED) is 0.890. The summed E-state index contributed by atoms with van der Waals surface area (Å²) in [5.74, 6) is 1.78. The summed E-state index contributed by atoms with van der Waals surface area (Å²) in [4.78, 5) is 6.96. The minimum Gasteiger partial charge on any atom is -0.444 e. The van der Waals surface area contributed by atoms with E-state index in [2.05, 4.69) is 43.2 Å². The monoisotopic (exact) mass is 354 g/mol. The average Bonchev–Trinajstić information content (AvgIpc) is 3.14. The fraction of sp³-hybridized carbons (Fsp3) is 0.571. The van der Waals surface area contributed by atoms with Crippen LogP contribution < -0.4 is 5.32 Å².